The molecule has 20 heavy (non-hydrogen) atoms. The van der Waals surface area contributed by atoms with E-state index in [0.29, 0.717) is 11.6 Å². The van der Waals surface area contributed by atoms with Gasteiger partial charge in [-0.25, -0.2) is 9.97 Å². The van der Waals surface area contributed by atoms with Gasteiger partial charge >= 0.3 is 0 Å². The van der Waals surface area contributed by atoms with Gasteiger partial charge in [0.15, 0.2) is 0 Å². The van der Waals surface area contributed by atoms with Crippen LogP contribution in [0, 0.1) is 6.92 Å². The van der Waals surface area contributed by atoms with Gasteiger partial charge in [-0.15, -0.1) is 0 Å². The van der Waals surface area contributed by atoms with Gasteiger partial charge in [0.05, 0.1) is 13.1 Å². The highest BCUT2D eigenvalue weighted by Crippen LogP contribution is 2.26. The van der Waals surface area contributed by atoms with Crippen LogP contribution in [-0.4, -0.2) is 41.9 Å². The Morgan fingerprint density at radius 2 is 1.80 bits per heavy atom. The van der Waals surface area contributed by atoms with E-state index in [1.54, 1.807) is 11.9 Å². The molecular formula is C13H19N5O2. The standard InChI is InChI=1S/C13H19N5O2/c1-7(2)11-16-12(14-4)8(3)13(17-11)18-5-9(19)15-10(20)6-18/h7H,5-6H2,1-4H3,(H,14,16,17)(H,15,19,20). The molecule has 2 rings (SSSR count). The van der Waals surface area contributed by atoms with Crippen LogP contribution < -0.4 is 15.5 Å². The zero-order chi connectivity index (χ0) is 14.9. The summed E-state index contributed by atoms with van der Waals surface area (Å²) in [7, 11) is 1.79. The minimum atomic E-state index is -0.309. The van der Waals surface area contributed by atoms with Crippen molar-refractivity contribution >= 4 is 23.5 Å². The molecule has 2 heterocycles. The summed E-state index contributed by atoms with van der Waals surface area (Å²) in [6.45, 7) is 6.14. The quantitative estimate of drug-likeness (QED) is 0.778. The molecular weight excluding hydrogens is 258 g/mol. The van der Waals surface area contributed by atoms with Crippen LogP contribution in [0.15, 0.2) is 0 Å². The number of amides is 2. The summed E-state index contributed by atoms with van der Waals surface area (Å²) in [5, 5.41) is 5.32. The first-order valence-corrected chi connectivity index (χ1v) is 6.56. The molecule has 7 nitrogen and oxygen atoms in total. The Labute approximate surface area is 117 Å². The van der Waals surface area contributed by atoms with Crippen LogP contribution >= 0.6 is 0 Å². The summed E-state index contributed by atoms with van der Waals surface area (Å²) in [6.07, 6.45) is 0. The Bertz CT molecular complexity index is 540. The molecule has 108 valence electrons. The summed E-state index contributed by atoms with van der Waals surface area (Å²) < 4.78 is 0. The molecule has 7 heteroatoms. The summed E-state index contributed by atoms with van der Waals surface area (Å²) >= 11 is 0. The average molecular weight is 277 g/mol. The van der Waals surface area contributed by atoms with E-state index < -0.39 is 0 Å². The minimum Gasteiger partial charge on any atom is -0.373 e. The van der Waals surface area contributed by atoms with Gasteiger partial charge in [-0.05, 0) is 6.92 Å². The van der Waals surface area contributed by atoms with Crippen molar-refractivity contribution < 1.29 is 9.59 Å². The van der Waals surface area contributed by atoms with Crippen LogP contribution in [0.5, 0.6) is 0 Å². The van der Waals surface area contributed by atoms with Gasteiger partial charge in [0.2, 0.25) is 11.8 Å². The lowest BCUT2D eigenvalue weighted by molar-refractivity contribution is -0.130. The first-order valence-electron chi connectivity index (χ1n) is 6.56. The molecule has 1 saturated heterocycles. The van der Waals surface area contributed by atoms with Crippen LogP contribution in [0.3, 0.4) is 0 Å². The van der Waals surface area contributed by atoms with Crippen LogP contribution in [0.2, 0.25) is 0 Å². The van der Waals surface area contributed by atoms with E-state index in [4.69, 9.17) is 0 Å². The number of nitrogens with zero attached hydrogens (tertiary/aromatic N) is 3. The Morgan fingerprint density at radius 3 is 2.30 bits per heavy atom. The summed E-state index contributed by atoms with van der Waals surface area (Å²) in [6, 6.07) is 0. The largest absolute Gasteiger partial charge is 0.373 e. The third-order valence-electron chi connectivity index (χ3n) is 3.14. The van der Waals surface area contributed by atoms with Gasteiger partial charge in [-0.1, -0.05) is 13.8 Å². The van der Waals surface area contributed by atoms with Crippen molar-refractivity contribution in [3.63, 3.8) is 0 Å². The third-order valence-corrected chi connectivity index (χ3v) is 3.14. The number of aromatic nitrogens is 2. The van der Waals surface area contributed by atoms with Crippen LogP contribution in [0.25, 0.3) is 0 Å². The fraction of sp³-hybridized carbons (Fsp3) is 0.538. The third kappa shape index (κ3) is 2.71. The number of anilines is 2. The van der Waals surface area contributed by atoms with E-state index in [0.717, 1.165) is 11.4 Å². The van der Waals surface area contributed by atoms with E-state index in [2.05, 4.69) is 20.6 Å². The average Bonchev–Trinajstić information content (AvgIpc) is 2.37. The second-order valence-electron chi connectivity index (χ2n) is 5.11. The minimum absolute atomic E-state index is 0.129. The maximum absolute atomic E-state index is 11.5. The van der Waals surface area contributed by atoms with Crippen molar-refractivity contribution in [2.45, 2.75) is 26.7 Å². The molecule has 0 aliphatic carbocycles. The van der Waals surface area contributed by atoms with Gasteiger partial charge in [-0.2, -0.15) is 0 Å². The molecule has 1 aromatic heterocycles. The first-order chi connectivity index (χ1) is 9.42. The second kappa shape index (κ2) is 5.44. The molecule has 0 unspecified atom stereocenters. The fourth-order valence-electron chi connectivity index (χ4n) is 2.12. The Hall–Kier alpha value is -2.18. The Kier molecular flexibility index (Phi) is 3.87. The highest BCUT2D eigenvalue weighted by Gasteiger charge is 2.26. The zero-order valence-corrected chi connectivity index (χ0v) is 12.1. The maximum atomic E-state index is 11.5. The highest BCUT2D eigenvalue weighted by molar-refractivity contribution is 6.02. The number of imide groups is 1. The first kappa shape index (κ1) is 14.2. The van der Waals surface area contributed by atoms with Gasteiger partial charge in [-0.3, -0.25) is 14.9 Å². The van der Waals surface area contributed by atoms with E-state index in [9.17, 15) is 9.59 Å². The molecule has 1 aromatic rings. The number of nitrogens with one attached hydrogen (secondary N) is 2. The molecule has 0 bridgehead atoms. The topological polar surface area (TPSA) is 87.2 Å². The fourth-order valence-corrected chi connectivity index (χ4v) is 2.12. The van der Waals surface area contributed by atoms with Crippen molar-refractivity contribution in [1.29, 1.82) is 0 Å². The molecule has 1 aliphatic rings. The lowest BCUT2D eigenvalue weighted by Crippen LogP contribution is -2.52. The molecule has 2 amide bonds. The molecule has 1 fully saturated rings. The van der Waals surface area contributed by atoms with Gasteiger partial charge in [0, 0.05) is 18.5 Å². The maximum Gasteiger partial charge on any atom is 0.246 e. The van der Waals surface area contributed by atoms with Gasteiger partial charge in [0.25, 0.3) is 0 Å². The lowest BCUT2D eigenvalue weighted by Gasteiger charge is -2.28. The molecule has 0 atom stereocenters. The number of carbonyl (C=O) groups excluding carboxylic acids is 2. The highest BCUT2D eigenvalue weighted by atomic mass is 16.2. The number of piperazine rings is 1. The van der Waals surface area contributed by atoms with Crippen LogP contribution in [0.1, 0.15) is 31.2 Å². The smallest absolute Gasteiger partial charge is 0.246 e. The summed E-state index contributed by atoms with van der Waals surface area (Å²) in [4.78, 5) is 33.7. The second-order valence-corrected chi connectivity index (χ2v) is 5.11. The molecule has 1 aliphatic heterocycles. The number of hydrogen-bond donors (Lipinski definition) is 2. The molecule has 0 aromatic carbocycles. The molecule has 2 N–H and O–H groups in total. The summed E-state index contributed by atoms with van der Waals surface area (Å²) in [5.41, 5.74) is 0.833. The van der Waals surface area contributed by atoms with E-state index in [1.165, 1.54) is 0 Å². The summed E-state index contributed by atoms with van der Waals surface area (Å²) in [5.74, 6) is 1.59. The van der Waals surface area contributed by atoms with Crippen molar-refractivity contribution in [1.82, 2.24) is 15.3 Å². The Morgan fingerprint density at radius 1 is 1.20 bits per heavy atom. The number of carbonyl (C=O) groups is 2. The number of hydrogen-bond acceptors (Lipinski definition) is 6. The lowest BCUT2D eigenvalue weighted by atomic mass is 10.2. The molecule has 0 saturated carbocycles. The van der Waals surface area contributed by atoms with Gasteiger partial charge in [0.1, 0.15) is 17.5 Å². The normalized spacial score (nSPS) is 15.6. The SMILES string of the molecule is CNc1nc(C(C)C)nc(N2CC(=O)NC(=O)C2)c1C. The van der Waals surface area contributed by atoms with E-state index >= 15 is 0 Å². The van der Waals surface area contributed by atoms with E-state index in [-0.39, 0.29) is 30.8 Å². The predicted molar refractivity (Wildman–Crippen MR) is 75.8 cm³/mol. The van der Waals surface area contributed by atoms with Crippen LogP contribution in [-0.2, 0) is 9.59 Å². The monoisotopic (exact) mass is 277 g/mol. The van der Waals surface area contributed by atoms with E-state index in [1.807, 2.05) is 20.8 Å². The van der Waals surface area contributed by atoms with Crippen molar-refractivity contribution in [3.8, 4) is 0 Å². The Balaban J connectivity index is 2.46. The number of rotatable bonds is 3. The van der Waals surface area contributed by atoms with Crippen LogP contribution in [0.4, 0.5) is 11.6 Å². The van der Waals surface area contributed by atoms with Crippen molar-refractivity contribution in [3.05, 3.63) is 11.4 Å². The van der Waals surface area contributed by atoms with Crippen molar-refractivity contribution in [2.24, 2.45) is 0 Å². The molecule has 0 radical (unpaired) electrons. The predicted octanol–water partition coefficient (Wildman–Crippen LogP) is 0.413. The van der Waals surface area contributed by atoms with Crippen molar-refractivity contribution in [2.75, 3.05) is 30.4 Å². The van der Waals surface area contributed by atoms with Gasteiger partial charge < -0.3 is 10.2 Å². The molecule has 0 spiro atoms. The zero-order valence-electron chi connectivity index (χ0n) is 12.1.